The van der Waals surface area contributed by atoms with Crippen molar-refractivity contribution in [2.45, 2.75) is 45.4 Å². The van der Waals surface area contributed by atoms with Crippen molar-refractivity contribution < 1.29 is 17.9 Å². The lowest BCUT2D eigenvalue weighted by atomic mass is 10.0. The maximum Gasteiger partial charge on any atom is 0.264 e. The second kappa shape index (κ2) is 9.34. The third kappa shape index (κ3) is 4.27. The summed E-state index contributed by atoms with van der Waals surface area (Å²) in [6, 6.07) is 6.98. The van der Waals surface area contributed by atoms with Gasteiger partial charge in [0.2, 0.25) is 15.9 Å². The van der Waals surface area contributed by atoms with E-state index in [2.05, 4.69) is 10.1 Å². The van der Waals surface area contributed by atoms with E-state index < -0.39 is 10.0 Å². The van der Waals surface area contributed by atoms with Gasteiger partial charge >= 0.3 is 0 Å². The Hall–Kier alpha value is -2.98. The number of aryl methyl sites for hydroxylation is 4. The van der Waals surface area contributed by atoms with Crippen LogP contribution in [0.4, 0.5) is 5.69 Å². The van der Waals surface area contributed by atoms with Gasteiger partial charge in [-0.2, -0.15) is 4.31 Å². The molecule has 3 heterocycles. The molecule has 1 aromatic carbocycles. The van der Waals surface area contributed by atoms with Gasteiger partial charge in [-0.1, -0.05) is 13.8 Å². The number of benzene rings is 1. The molecule has 0 spiro atoms. The van der Waals surface area contributed by atoms with E-state index in [1.807, 2.05) is 33.8 Å². The molecule has 182 valence electrons. The molecular weight excluding hydrogens is 454 g/mol. The Labute approximate surface area is 200 Å². The normalized spacial score (nSPS) is 14.0. The summed E-state index contributed by atoms with van der Waals surface area (Å²) in [5.74, 6) is 0.186. The Balaban J connectivity index is 1.56. The lowest BCUT2D eigenvalue weighted by Gasteiger charge is -2.30. The van der Waals surface area contributed by atoms with Crippen molar-refractivity contribution in [2.75, 3.05) is 31.1 Å². The van der Waals surface area contributed by atoms with Gasteiger partial charge in [-0.3, -0.25) is 4.79 Å². The van der Waals surface area contributed by atoms with Gasteiger partial charge in [0.05, 0.1) is 10.3 Å². The van der Waals surface area contributed by atoms with Crippen LogP contribution in [0.5, 0.6) is 5.88 Å². The average molecular weight is 486 g/mol. The summed E-state index contributed by atoms with van der Waals surface area (Å²) in [6.45, 7) is 8.75. The van der Waals surface area contributed by atoms with E-state index in [4.69, 9.17) is 4.74 Å². The van der Waals surface area contributed by atoms with Gasteiger partial charge in [0.25, 0.3) is 5.91 Å². The number of nitrogens with zero attached hydrogens (tertiary/aromatic N) is 5. The topological polar surface area (TPSA) is 97.6 Å². The highest BCUT2D eigenvalue weighted by Crippen LogP contribution is 2.31. The van der Waals surface area contributed by atoms with Crippen LogP contribution in [-0.2, 0) is 28.3 Å². The zero-order valence-electron chi connectivity index (χ0n) is 20.3. The summed E-state index contributed by atoms with van der Waals surface area (Å²) in [7, 11) is -1.76. The van der Waals surface area contributed by atoms with Crippen LogP contribution in [0, 0.1) is 13.8 Å². The molecule has 2 aromatic heterocycles. The van der Waals surface area contributed by atoms with Gasteiger partial charge < -0.3 is 9.64 Å². The van der Waals surface area contributed by atoms with Crippen LogP contribution in [0.15, 0.2) is 29.2 Å². The third-order valence-electron chi connectivity index (χ3n) is 6.23. The molecule has 1 amide bonds. The van der Waals surface area contributed by atoms with Crippen molar-refractivity contribution in [3.8, 4) is 5.88 Å². The molecule has 1 aliphatic rings. The maximum absolute atomic E-state index is 13.1. The average Bonchev–Trinajstić information content (AvgIpc) is 3.12. The molecule has 3 aromatic rings. The zero-order chi connectivity index (χ0) is 24.6. The molecule has 0 fully saturated rings. The van der Waals surface area contributed by atoms with Crippen LogP contribution in [0.3, 0.4) is 0 Å². The number of sulfonamides is 1. The van der Waals surface area contributed by atoms with Gasteiger partial charge in [-0.15, -0.1) is 5.10 Å². The molecule has 0 atom stereocenters. The number of carbonyl (C=O) groups is 1. The molecule has 0 unspecified atom stereocenters. The van der Waals surface area contributed by atoms with E-state index in [9.17, 15) is 13.2 Å². The number of hydrogen-bond donors (Lipinski definition) is 0. The lowest BCUT2D eigenvalue weighted by molar-refractivity contribution is -0.120. The fourth-order valence-electron chi connectivity index (χ4n) is 4.56. The molecule has 34 heavy (non-hydrogen) atoms. The molecule has 0 radical (unpaired) electrons. The Morgan fingerprint density at radius 3 is 2.62 bits per heavy atom. The number of fused-ring (bicyclic) bond motifs is 2. The standard InChI is InChI=1S/C24H31N5O4S/c1-6-28(7-2)34(31,32)19-10-11-20-18(14-19)9-8-12-29(20)21(30)15-33-24-22-16(3)13-17(4)25-23(22)27(5)26-24/h10-11,13-14H,6-9,12,15H2,1-5H3. The van der Waals surface area contributed by atoms with E-state index in [1.54, 1.807) is 34.8 Å². The highest BCUT2D eigenvalue weighted by Gasteiger charge is 2.27. The third-order valence-corrected chi connectivity index (χ3v) is 8.28. The minimum atomic E-state index is -3.56. The first-order valence-corrected chi connectivity index (χ1v) is 13.0. The second-order valence-electron chi connectivity index (χ2n) is 8.53. The Bertz CT molecular complexity index is 1350. The van der Waals surface area contributed by atoms with E-state index in [0.29, 0.717) is 31.2 Å². The van der Waals surface area contributed by atoms with Gasteiger partial charge in [-0.25, -0.2) is 18.1 Å². The van der Waals surface area contributed by atoms with Crippen molar-refractivity contribution in [2.24, 2.45) is 7.05 Å². The molecule has 0 bridgehead atoms. The number of anilines is 1. The van der Waals surface area contributed by atoms with Crippen LogP contribution in [0.2, 0.25) is 0 Å². The molecule has 0 aliphatic carbocycles. The van der Waals surface area contributed by atoms with Crippen molar-refractivity contribution in [1.29, 1.82) is 0 Å². The monoisotopic (exact) mass is 485 g/mol. The Morgan fingerprint density at radius 2 is 1.91 bits per heavy atom. The molecule has 0 saturated carbocycles. The summed E-state index contributed by atoms with van der Waals surface area (Å²) in [4.78, 5) is 19.6. The van der Waals surface area contributed by atoms with E-state index >= 15 is 0 Å². The highest BCUT2D eigenvalue weighted by atomic mass is 32.2. The molecular formula is C24H31N5O4S. The van der Waals surface area contributed by atoms with Gasteiger partial charge in [-0.05, 0) is 62.1 Å². The van der Waals surface area contributed by atoms with Crippen LogP contribution in [0.25, 0.3) is 11.0 Å². The minimum Gasteiger partial charge on any atom is -0.466 e. The number of amides is 1. The fourth-order valence-corrected chi connectivity index (χ4v) is 6.07. The van der Waals surface area contributed by atoms with Crippen LogP contribution >= 0.6 is 0 Å². The number of hydrogen-bond acceptors (Lipinski definition) is 6. The predicted octanol–water partition coefficient (Wildman–Crippen LogP) is 2.97. The van der Waals surface area contributed by atoms with E-state index in [0.717, 1.165) is 40.7 Å². The van der Waals surface area contributed by atoms with E-state index in [1.165, 1.54) is 4.31 Å². The van der Waals surface area contributed by atoms with Crippen molar-refractivity contribution in [1.82, 2.24) is 19.1 Å². The molecule has 0 N–H and O–H groups in total. The van der Waals surface area contributed by atoms with Crippen molar-refractivity contribution in [3.05, 3.63) is 41.1 Å². The zero-order valence-corrected chi connectivity index (χ0v) is 21.1. The number of rotatable bonds is 7. The summed E-state index contributed by atoms with van der Waals surface area (Å²) >= 11 is 0. The molecule has 0 saturated heterocycles. The lowest BCUT2D eigenvalue weighted by Crippen LogP contribution is -2.39. The van der Waals surface area contributed by atoms with Crippen LogP contribution < -0.4 is 9.64 Å². The number of ether oxygens (including phenoxy) is 1. The Morgan fingerprint density at radius 1 is 1.18 bits per heavy atom. The second-order valence-corrected chi connectivity index (χ2v) is 10.5. The first-order chi connectivity index (χ1) is 16.2. The molecule has 10 heteroatoms. The Kier molecular flexibility index (Phi) is 6.64. The maximum atomic E-state index is 13.1. The highest BCUT2D eigenvalue weighted by molar-refractivity contribution is 7.89. The molecule has 9 nitrogen and oxygen atoms in total. The van der Waals surface area contributed by atoms with Gasteiger partial charge in [0.1, 0.15) is 0 Å². The largest absolute Gasteiger partial charge is 0.466 e. The number of aromatic nitrogens is 3. The first-order valence-electron chi connectivity index (χ1n) is 11.5. The quantitative estimate of drug-likeness (QED) is 0.510. The number of pyridine rings is 1. The summed E-state index contributed by atoms with van der Waals surface area (Å²) in [5, 5.41) is 5.21. The first kappa shape index (κ1) is 24.2. The number of carbonyl (C=O) groups excluding carboxylic acids is 1. The van der Waals surface area contributed by atoms with E-state index in [-0.39, 0.29) is 17.4 Å². The van der Waals surface area contributed by atoms with Crippen LogP contribution in [-0.4, -0.2) is 59.6 Å². The summed E-state index contributed by atoms with van der Waals surface area (Å²) in [6.07, 6.45) is 1.47. The fraction of sp³-hybridized carbons (Fsp3) is 0.458. The minimum absolute atomic E-state index is 0.168. The summed E-state index contributed by atoms with van der Waals surface area (Å²) < 4.78 is 34.8. The molecule has 1 aliphatic heterocycles. The predicted molar refractivity (Wildman–Crippen MR) is 131 cm³/mol. The SMILES string of the molecule is CCN(CC)S(=O)(=O)c1ccc2c(c1)CCCN2C(=O)COc1nn(C)c2nc(C)cc(C)c12. The molecule has 4 rings (SSSR count). The van der Waals surface area contributed by atoms with Gasteiger partial charge in [0.15, 0.2) is 12.3 Å². The summed E-state index contributed by atoms with van der Waals surface area (Å²) in [5.41, 5.74) is 4.18. The van der Waals surface area contributed by atoms with Crippen molar-refractivity contribution in [3.63, 3.8) is 0 Å². The smallest absolute Gasteiger partial charge is 0.264 e. The van der Waals surface area contributed by atoms with Crippen molar-refractivity contribution >= 4 is 32.7 Å². The van der Waals surface area contributed by atoms with Crippen LogP contribution in [0.1, 0.15) is 37.1 Å². The van der Waals surface area contributed by atoms with Gasteiger partial charge in [0, 0.05) is 38.1 Å².